The van der Waals surface area contributed by atoms with Crippen molar-refractivity contribution < 1.29 is 0 Å². The maximum Gasteiger partial charge on any atom is 0.0148 e. The van der Waals surface area contributed by atoms with Crippen LogP contribution in [-0.4, -0.2) is 0 Å². The third-order valence-electron chi connectivity index (χ3n) is 9.80. The molecule has 0 saturated carbocycles. The fourth-order valence-electron chi connectivity index (χ4n) is 8.40. The highest BCUT2D eigenvalue weighted by molar-refractivity contribution is 5.84. The molecular formula is C40H28. The summed E-state index contributed by atoms with van der Waals surface area (Å²) in [5, 5.41) is 0. The summed E-state index contributed by atoms with van der Waals surface area (Å²) in [7, 11) is 0. The molecule has 0 saturated heterocycles. The molecule has 0 spiro atoms. The molecular weight excluding hydrogens is 480 g/mol. The molecule has 9 rings (SSSR count). The van der Waals surface area contributed by atoms with Gasteiger partial charge in [-0.25, -0.2) is 0 Å². The van der Waals surface area contributed by atoms with Gasteiger partial charge in [-0.05, 0) is 72.7 Å². The molecule has 0 N–H and O–H groups in total. The highest BCUT2D eigenvalue weighted by atomic mass is 14.5. The Kier molecular flexibility index (Phi) is 4.66. The van der Waals surface area contributed by atoms with Gasteiger partial charge in [-0.15, -0.1) is 0 Å². The topological polar surface area (TPSA) is 0 Å². The van der Waals surface area contributed by atoms with Gasteiger partial charge in [0.25, 0.3) is 0 Å². The highest BCUT2D eigenvalue weighted by Gasteiger charge is 2.49. The van der Waals surface area contributed by atoms with Crippen LogP contribution in [0.4, 0.5) is 0 Å². The van der Waals surface area contributed by atoms with Crippen molar-refractivity contribution in [1.82, 2.24) is 0 Å². The van der Waals surface area contributed by atoms with Crippen molar-refractivity contribution in [1.29, 1.82) is 0 Å². The van der Waals surface area contributed by atoms with Crippen LogP contribution >= 0.6 is 0 Å². The van der Waals surface area contributed by atoms with E-state index in [9.17, 15) is 0 Å². The zero-order valence-electron chi connectivity index (χ0n) is 22.2. The van der Waals surface area contributed by atoms with Crippen LogP contribution in [0.15, 0.2) is 146 Å². The van der Waals surface area contributed by atoms with Crippen molar-refractivity contribution in [3.05, 3.63) is 179 Å². The lowest BCUT2D eigenvalue weighted by Crippen LogP contribution is -2.27. The number of benzene rings is 6. The summed E-state index contributed by atoms with van der Waals surface area (Å²) < 4.78 is 0. The van der Waals surface area contributed by atoms with E-state index < -0.39 is 0 Å². The summed E-state index contributed by atoms with van der Waals surface area (Å²) in [6.07, 6.45) is 0. The average Bonchev–Trinajstić information content (AvgIpc) is 3.65. The number of fused-ring (bicyclic) bond motifs is 9. The van der Waals surface area contributed by atoms with Crippen LogP contribution in [0.1, 0.15) is 51.1 Å². The SMILES string of the molecule is c1ccc2c(c1)-c1ccccc1C2C(C1c2ccccc2-c2ccccc21)C1c2ccccc2-c2ccccc21. The molecule has 0 atom stereocenters. The van der Waals surface area contributed by atoms with Gasteiger partial charge < -0.3 is 0 Å². The molecule has 0 aromatic heterocycles. The lowest BCUT2D eigenvalue weighted by molar-refractivity contribution is 0.385. The van der Waals surface area contributed by atoms with Crippen LogP contribution in [0, 0.1) is 5.92 Å². The molecule has 0 amide bonds. The first-order valence-corrected chi connectivity index (χ1v) is 14.4. The van der Waals surface area contributed by atoms with E-state index in [0.29, 0.717) is 5.92 Å². The number of hydrogen-bond acceptors (Lipinski definition) is 0. The number of hydrogen-bond donors (Lipinski definition) is 0. The Morgan fingerprint density at radius 1 is 0.250 bits per heavy atom. The molecule has 0 unspecified atom stereocenters. The van der Waals surface area contributed by atoms with Crippen LogP contribution in [0.25, 0.3) is 33.4 Å². The van der Waals surface area contributed by atoms with E-state index >= 15 is 0 Å². The minimum absolute atomic E-state index is 0.279. The Morgan fingerprint density at radius 2 is 0.425 bits per heavy atom. The summed E-state index contributed by atoms with van der Waals surface area (Å²) in [4.78, 5) is 0. The summed E-state index contributed by atoms with van der Waals surface area (Å²) >= 11 is 0. The van der Waals surface area contributed by atoms with E-state index in [-0.39, 0.29) is 17.8 Å². The van der Waals surface area contributed by atoms with E-state index in [2.05, 4.69) is 146 Å². The van der Waals surface area contributed by atoms with Crippen molar-refractivity contribution in [3.8, 4) is 33.4 Å². The van der Waals surface area contributed by atoms with Crippen LogP contribution < -0.4 is 0 Å². The molecule has 0 radical (unpaired) electrons. The minimum Gasteiger partial charge on any atom is -0.0619 e. The van der Waals surface area contributed by atoms with E-state index in [0.717, 1.165) is 0 Å². The van der Waals surface area contributed by atoms with E-state index in [1.807, 2.05) is 0 Å². The molecule has 0 bridgehead atoms. The first-order chi connectivity index (χ1) is 19.9. The predicted octanol–water partition coefficient (Wildman–Crippen LogP) is 10.0. The second-order valence-electron chi connectivity index (χ2n) is 11.5. The molecule has 0 nitrogen and oxygen atoms in total. The summed E-state index contributed by atoms with van der Waals surface area (Å²) in [5.41, 5.74) is 17.2. The first kappa shape index (κ1) is 22.2. The van der Waals surface area contributed by atoms with Gasteiger partial charge in [-0.2, -0.15) is 0 Å². The van der Waals surface area contributed by atoms with Gasteiger partial charge in [0.1, 0.15) is 0 Å². The molecule has 40 heavy (non-hydrogen) atoms. The third kappa shape index (κ3) is 2.91. The van der Waals surface area contributed by atoms with Gasteiger partial charge in [-0.3, -0.25) is 0 Å². The van der Waals surface area contributed by atoms with E-state index in [1.54, 1.807) is 0 Å². The van der Waals surface area contributed by atoms with Crippen molar-refractivity contribution in [2.45, 2.75) is 17.8 Å². The Morgan fingerprint density at radius 3 is 0.625 bits per heavy atom. The molecule has 0 heterocycles. The average molecular weight is 509 g/mol. The van der Waals surface area contributed by atoms with E-state index in [4.69, 9.17) is 0 Å². The fourth-order valence-corrected chi connectivity index (χ4v) is 8.40. The maximum atomic E-state index is 2.40. The fraction of sp³-hybridized carbons (Fsp3) is 0.100. The summed E-state index contributed by atoms with van der Waals surface area (Å²) in [6, 6.07) is 55.0. The van der Waals surface area contributed by atoms with Crippen molar-refractivity contribution >= 4 is 0 Å². The molecule has 6 aromatic carbocycles. The molecule has 3 aliphatic rings. The third-order valence-corrected chi connectivity index (χ3v) is 9.80. The Hall–Kier alpha value is -4.68. The first-order valence-electron chi connectivity index (χ1n) is 14.4. The normalized spacial score (nSPS) is 14.9. The van der Waals surface area contributed by atoms with Crippen molar-refractivity contribution in [2.75, 3.05) is 0 Å². The number of rotatable bonds is 3. The van der Waals surface area contributed by atoms with Crippen LogP contribution in [0.2, 0.25) is 0 Å². The van der Waals surface area contributed by atoms with Gasteiger partial charge in [0, 0.05) is 17.8 Å². The molecule has 0 aliphatic heterocycles. The largest absolute Gasteiger partial charge is 0.0619 e. The molecule has 3 aliphatic carbocycles. The van der Waals surface area contributed by atoms with Crippen molar-refractivity contribution in [2.24, 2.45) is 5.92 Å². The monoisotopic (exact) mass is 508 g/mol. The highest BCUT2D eigenvalue weighted by Crippen LogP contribution is 2.63. The molecule has 6 aromatic rings. The van der Waals surface area contributed by atoms with Gasteiger partial charge in [0.15, 0.2) is 0 Å². The second kappa shape index (κ2) is 8.41. The zero-order chi connectivity index (χ0) is 26.2. The Bertz CT molecular complexity index is 1580. The van der Waals surface area contributed by atoms with Gasteiger partial charge in [0.05, 0.1) is 0 Å². The van der Waals surface area contributed by atoms with Gasteiger partial charge in [-0.1, -0.05) is 146 Å². The van der Waals surface area contributed by atoms with Crippen molar-refractivity contribution in [3.63, 3.8) is 0 Å². The Balaban J connectivity index is 1.39. The standard InChI is InChI=1S/C40H28/c1-7-19-31-25(13-1)26-14-2-8-20-32(26)37(31)40(38-33-21-9-3-15-27(33)28-16-4-10-22-34(28)38)39-35-23-11-5-17-29(35)30-18-6-12-24-36(30)39/h1-24,37-40H. The molecule has 188 valence electrons. The lowest BCUT2D eigenvalue weighted by Gasteiger charge is -2.38. The summed E-state index contributed by atoms with van der Waals surface area (Å²) in [6.45, 7) is 0. The van der Waals surface area contributed by atoms with Crippen LogP contribution in [-0.2, 0) is 0 Å². The zero-order valence-corrected chi connectivity index (χ0v) is 22.2. The molecule has 0 heteroatoms. The predicted molar refractivity (Wildman–Crippen MR) is 165 cm³/mol. The van der Waals surface area contributed by atoms with Gasteiger partial charge in [0.2, 0.25) is 0 Å². The maximum absolute atomic E-state index is 2.40. The lowest BCUT2D eigenvalue weighted by atomic mass is 9.64. The summed E-state index contributed by atoms with van der Waals surface area (Å²) in [5.74, 6) is 1.14. The second-order valence-corrected chi connectivity index (χ2v) is 11.5. The van der Waals surface area contributed by atoms with E-state index in [1.165, 1.54) is 66.8 Å². The smallest absolute Gasteiger partial charge is 0.0148 e. The quantitative estimate of drug-likeness (QED) is 0.223. The Labute approximate surface area is 235 Å². The van der Waals surface area contributed by atoms with Crippen LogP contribution in [0.5, 0.6) is 0 Å². The van der Waals surface area contributed by atoms with Gasteiger partial charge >= 0.3 is 0 Å². The van der Waals surface area contributed by atoms with Crippen LogP contribution in [0.3, 0.4) is 0 Å². The molecule has 0 fully saturated rings. The minimum atomic E-state index is 0.279.